The molecule has 0 spiro atoms. The Bertz CT molecular complexity index is 829. The highest BCUT2D eigenvalue weighted by Gasteiger charge is 2.36. The van der Waals surface area contributed by atoms with Crippen LogP contribution in [0.25, 0.3) is 11.1 Å². The number of hydrogen-bond donors (Lipinski definition) is 0. The summed E-state index contributed by atoms with van der Waals surface area (Å²) in [6.45, 7) is 1.63. The van der Waals surface area contributed by atoms with E-state index in [-0.39, 0.29) is 11.9 Å². The van der Waals surface area contributed by atoms with Crippen LogP contribution in [0.1, 0.15) is 12.8 Å². The Labute approximate surface area is 147 Å². The summed E-state index contributed by atoms with van der Waals surface area (Å²) in [6, 6.07) is 15.6. The highest BCUT2D eigenvalue weighted by Crippen LogP contribution is 2.41. The van der Waals surface area contributed by atoms with E-state index in [0.29, 0.717) is 19.7 Å². The minimum absolute atomic E-state index is 0.00573. The zero-order valence-corrected chi connectivity index (χ0v) is 13.9. The van der Waals surface area contributed by atoms with Gasteiger partial charge in [0.2, 0.25) is 0 Å². The lowest BCUT2D eigenvalue weighted by molar-refractivity contribution is -0.122. The molecule has 126 valence electrons. The number of hydrogen-bond acceptors (Lipinski definition) is 4. The molecule has 0 radical (unpaired) electrons. The second-order valence-electron chi connectivity index (χ2n) is 6.31. The van der Waals surface area contributed by atoms with Crippen molar-refractivity contribution < 1.29 is 9.53 Å². The van der Waals surface area contributed by atoms with Crippen LogP contribution in [0.15, 0.2) is 48.5 Å². The standard InChI is InChI=1S/C20H19N3O2/c21-14-22-11-5-10-18(22)20(24)23-12-13-25-19-16(8-4-9-17(19)23)15-6-2-1-3-7-15/h1-4,6-9,18H,5,10-13H2/t18-/m0/s1. The van der Waals surface area contributed by atoms with E-state index in [0.717, 1.165) is 35.4 Å². The number of nitriles is 1. The van der Waals surface area contributed by atoms with Crippen LogP contribution in [-0.2, 0) is 4.79 Å². The van der Waals surface area contributed by atoms with Gasteiger partial charge < -0.3 is 9.64 Å². The van der Waals surface area contributed by atoms with Crippen LogP contribution < -0.4 is 9.64 Å². The molecule has 2 aliphatic heterocycles. The maximum atomic E-state index is 13.1. The van der Waals surface area contributed by atoms with Gasteiger partial charge in [-0.3, -0.25) is 9.69 Å². The molecule has 0 unspecified atom stereocenters. The Morgan fingerprint density at radius 3 is 2.76 bits per heavy atom. The first kappa shape index (κ1) is 15.5. The van der Waals surface area contributed by atoms with Crippen LogP contribution in [0.2, 0.25) is 0 Å². The third kappa shape index (κ3) is 2.70. The number of nitrogens with zero attached hydrogens (tertiary/aromatic N) is 3. The lowest BCUT2D eigenvalue weighted by Crippen LogP contribution is -2.47. The first-order valence-corrected chi connectivity index (χ1v) is 8.58. The van der Waals surface area contributed by atoms with E-state index in [1.165, 1.54) is 0 Å². The highest BCUT2D eigenvalue weighted by molar-refractivity contribution is 6.00. The first-order chi connectivity index (χ1) is 12.3. The molecule has 2 aromatic carbocycles. The number of rotatable bonds is 2. The molecule has 2 aliphatic rings. The summed E-state index contributed by atoms with van der Waals surface area (Å²) in [5, 5.41) is 9.25. The van der Waals surface area contributed by atoms with Crippen molar-refractivity contribution in [2.24, 2.45) is 0 Å². The predicted molar refractivity (Wildman–Crippen MR) is 95.1 cm³/mol. The van der Waals surface area contributed by atoms with Gasteiger partial charge in [-0.15, -0.1) is 0 Å². The largest absolute Gasteiger partial charge is 0.489 e. The van der Waals surface area contributed by atoms with Crippen LogP contribution in [-0.4, -0.2) is 36.5 Å². The Morgan fingerprint density at radius 2 is 1.96 bits per heavy atom. The topological polar surface area (TPSA) is 56.6 Å². The monoisotopic (exact) mass is 333 g/mol. The Kier molecular flexibility index (Phi) is 4.02. The number of fused-ring (bicyclic) bond motifs is 1. The van der Waals surface area contributed by atoms with Crippen LogP contribution in [0.4, 0.5) is 5.69 Å². The Hall–Kier alpha value is -3.00. The van der Waals surface area contributed by atoms with Crippen LogP contribution >= 0.6 is 0 Å². The molecule has 5 nitrogen and oxygen atoms in total. The number of carbonyl (C=O) groups excluding carboxylic acids is 1. The van der Waals surface area contributed by atoms with Gasteiger partial charge in [0, 0.05) is 12.1 Å². The third-order valence-electron chi connectivity index (χ3n) is 4.86. The molecule has 25 heavy (non-hydrogen) atoms. The van der Waals surface area contributed by atoms with E-state index in [1.54, 1.807) is 9.80 Å². The van der Waals surface area contributed by atoms with Gasteiger partial charge in [0.25, 0.3) is 5.91 Å². The van der Waals surface area contributed by atoms with Gasteiger partial charge >= 0.3 is 0 Å². The van der Waals surface area contributed by atoms with E-state index in [4.69, 9.17) is 4.74 Å². The minimum Gasteiger partial charge on any atom is -0.489 e. The second kappa shape index (κ2) is 6.48. The Morgan fingerprint density at radius 1 is 1.12 bits per heavy atom. The minimum atomic E-state index is -0.351. The van der Waals surface area contributed by atoms with Crippen molar-refractivity contribution >= 4 is 11.6 Å². The van der Waals surface area contributed by atoms with Gasteiger partial charge in [-0.2, -0.15) is 5.26 Å². The SMILES string of the molecule is N#CN1CCC[C@H]1C(=O)N1CCOc2c(-c3ccccc3)cccc21. The zero-order chi connectivity index (χ0) is 17.2. The molecule has 2 aromatic rings. The molecule has 0 aliphatic carbocycles. The molecule has 0 N–H and O–H groups in total. The van der Waals surface area contributed by atoms with Crippen LogP contribution in [0, 0.1) is 11.5 Å². The van der Waals surface area contributed by atoms with Crippen molar-refractivity contribution in [1.29, 1.82) is 5.26 Å². The van der Waals surface area contributed by atoms with Crippen molar-refractivity contribution in [2.75, 3.05) is 24.6 Å². The van der Waals surface area contributed by atoms with Crippen molar-refractivity contribution in [1.82, 2.24) is 4.90 Å². The number of carbonyl (C=O) groups is 1. The first-order valence-electron chi connectivity index (χ1n) is 8.58. The zero-order valence-electron chi connectivity index (χ0n) is 13.9. The summed E-state index contributed by atoms with van der Waals surface area (Å²) >= 11 is 0. The van der Waals surface area contributed by atoms with E-state index >= 15 is 0 Å². The average Bonchev–Trinajstić information content (AvgIpc) is 3.16. The number of benzene rings is 2. The molecular weight excluding hydrogens is 314 g/mol. The van der Waals surface area contributed by atoms with Gasteiger partial charge in [-0.1, -0.05) is 42.5 Å². The molecule has 2 heterocycles. The molecule has 0 bridgehead atoms. The fourth-order valence-electron chi connectivity index (χ4n) is 3.65. The molecule has 1 fully saturated rings. The van der Waals surface area contributed by atoms with Crippen molar-refractivity contribution in [3.63, 3.8) is 0 Å². The van der Waals surface area contributed by atoms with E-state index in [1.807, 2.05) is 48.5 Å². The van der Waals surface area contributed by atoms with Crippen LogP contribution in [0.5, 0.6) is 5.75 Å². The van der Waals surface area contributed by atoms with Crippen molar-refractivity contribution in [3.05, 3.63) is 48.5 Å². The molecule has 1 saturated heterocycles. The molecule has 5 heteroatoms. The summed E-state index contributed by atoms with van der Waals surface area (Å²) in [6.07, 6.45) is 3.76. The third-order valence-corrected chi connectivity index (χ3v) is 4.86. The highest BCUT2D eigenvalue weighted by atomic mass is 16.5. The van der Waals surface area contributed by atoms with E-state index in [2.05, 4.69) is 6.19 Å². The normalized spacial score (nSPS) is 19.1. The van der Waals surface area contributed by atoms with Gasteiger partial charge in [0.1, 0.15) is 12.6 Å². The quantitative estimate of drug-likeness (QED) is 0.793. The summed E-state index contributed by atoms with van der Waals surface area (Å²) in [5.41, 5.74) is 2.84. The maximum absolute atomic E-state index is 13.1. The van der Waals surface area contributed by atoms with Gasteiger partial charge in [0.05, 0.1) is 12.2 Å². The fraction of sp³-hybridized carbons (Fsp3) is 0.300. The van der Waals surface area contributed by atoms with E-state index < -0.39 is 0 Å². The van der Waals surface area contributed by atoms with E-state index in [9.17, 15) is 10.1 Å². The number of ether oxygens (including phenoxy) is 1. The number of para-hydroxylation sites is 1. The molecule has 0 aromatic heterocycles. The van der Waals surface area contributed by atoms with Crippen molar-refractivity contribution in [3.8, 4) is 23.1 Å². The van der Waals surface area contributed by atoms with Crippen molar-refractivity contribution in [2.45, 2.75) is 18.9 Å². The number of amides is 1. The lowest BCUT2D eigenvalue weighted by atomic mass is 10.0. The van der Waals surface area contributed by atoms with Gasteiger partial charge in [-0.25, -0.2) is 0 Å². The van der Waals surface area contributed by atoms with Gasteiger partial charge in [0.15, 0.2) is 11.9 Å². The van der Waals surface area contributed by atoms with Crippen LogP contribution in [0.3, 0.4) is 0 Å². The molecule has 4 rings (SSSR count). The summed E-state index contributed by atoms with van der Waals surface area (Å²) in [5.74, 6) is 0.739. The number of anilines is 1. The smallest absolute Gasteiger partial charge is 0.250 e. The second-order valence-corrected chi connectivity index (χ2v) is 6.31. The number of likely N-dealkylation sites (tertiary alicyclic amines) is 1. The molecule has 1 amide bonds. The Balaban J connectivity index is 1.71. The maximum Gasteiger partial charge on any atom is 0.250 e. The summed E-state index contributed by atoms with van der Waals surface area (Å²) in [4.78, 5) is 16.4. The molecule has 0 saturated carbocycles. The molecule has 1 atom stereocenters. The fourth-order valence-corrected chi connectivity index (χ4v) is 3.65. The summed E-state index contributed by atoms with van der Waals surface area (Å²) < 4.78 is 5.93. The predicted octanol–water partition coefficient (Wildman–Crippen LogP) is 3.02. The molecular formula is C20H19N3O2. The average molecular weight is 333 g/mol. The lowest BCUT2D eigenvalue weighted by Gasteiger charge is -2.33. The summed E-state index contributed by atoms with van der Waals surface area (Å²) in [7, 11) is 0. The van der Waals surface area contributed by atoms with Gasteiger partial charge in [-0.05, 0) is 24.5 Å².